The third-order valence-electron chi connectivity index (χ3n) is 4.54. The molecule has 0 spiro atoms. The van der Waals surface area contributed by atoms with Crippen molar-refractivity contribution in [2.75, 3.05) is 19.0 Å². The van der Waals surface area contributed by atoms with Crippen LogP contribution in [0.4, 0.5) is 10.1 Å². The maximum Gasteiger partial charge on any atom is 0.261 e. The van der Waals surface area contributed by atoms with Gasteiger partial charge in [0.25, 0.3) is 11.8 Å². The van der Waals surface area contributed by atoms with Gasteiger partial charge in [0.2, 0.25) is 5.91 Å². The summed E-state index contributed by atoms with van der Waals surface area (Å²) in [5.74, 6) is -1.96. The lowest BCUT2D eigenvalue weighted by molar-refractivity contribution is -0.123. The summed E-state index contributed by atoms with van der Waals surface area (Å²) >= 11 is 6.05. The molecular formula is C19H18ClFN2O3. The van der Waals surface area contributed by atoms with E-state index in [4.69, 9.17) is 11.6 Å². The molecule has 3 rings (SSSR count). The van der Waals surface area contributed by atoms with E-state index in [0.29, 0.717) is 29.6 Å². The molecule has 0 aromatic heterocycles. The molecule has 0 atom stereocenters. The van der Waals surface area contributed by atoms with E-state index in [9.17, 15) is 18.8 Å². The summed E-state index contributed by atoms with van der Waals surface area (Å²) in [7, 11) is 3.20. The number of hydrogen-bond acceptors (Lipinski definition) is 3. The molecule has 0 fully saturated rings. The first-order valence-electron chi connectivity index (χ1n) is 8.30. The summed E-state index contributed by atoms with van der Waals surface area (Å²) in [6.45, 7) is 0. The number of anilines is 1. The van der Waals surface area contributed by atoms with Gasteiger partial charge in [-0.05, 0) is 49.5 Å². The van der Waals surface area contributed by atoms with Crippen molar-refractivity contribution in [3.63, 3.8) is 0 Å². The Morgan fingerprint density at radius 3 is 2.27 bits per heavy atom. The van der Waals surface area contributed by atoms with Crippen LogP contribution in [0.3, 0.4) is 0 Å². The summed E-state index contributed by atoms with van der Waals surface area (Å²) in [6, 6.07) is 2.37. The second-order valence-electron chi connectivity index (χ2n) is 6.50. The molecule has 1 heterocycles. The normalized spacial score (nSPS) is 17.3. The predicted molar refractivity (Wildman–Crippen MR) is 97.1 cm³/mol. The monoisotopic (exact) mass is 376 g/mol. The van der Waals surface area contributed by atoms with E-state index in [-0.39, 0.29) is 16.6 Å². The van der Waals surface area contributed by atoms with E-state index in [0.717, 1.165) is 23.8 Å². The van der Waals surface area contributed by atoms with Crippen LogP contribution < -0.4 is 4.90 Å². The van der Waals surface area contributed by atoms with Crippen LogP contribution in [0.25, 0.3) is 6.08 Å². The molecule has 0 N–H and O–H groups in total. The molecule has 0 bridgehead atoms. The van der Waals surface area contributed by atoms with Crippen molar-refractivity contribution in [3.05, 3.63) is 45.8 Å². The Hall–Kier alpha value is -2.47. The zero-order valence-corrected chi connectivity index (χ0v) is 15.3. The van der Waals surface area contributed by atoms with Gasteiger partial charge in [-0.15, -0.1) is 0 Å². The number of carbonyl (C=O) groups is 3. The van der Waals surface area contributed by atoms with Crippen molar-refractivity contribution >= 4 is 41.1 Å². The lowest BCUT2D eigenvalue weighted by atomic mass is 9.93. The Balaban J connectivity index is 1.99. The quantitative estimate of drug-likeness (QED) is 0.600. The van der Waals surface area contributed by atoms with Gasteiger partial charge in [-0.25, -0.2) is 9.29 Å². The second-order valence-corrected chi connectivity index (χ2v) is 6.91. The van der Waals surface area contributed by atoms with E-state index >= 15 is 0 Å². The molecule has 5 nitrogen and oxygen atoms in total. The van der Waals surface area contributed by atoms with Crippen molar-refractivity contribution in [1.82, 2.24) is 4.90 Å². The van der Waals surface area contributed by atoms with E-state index in [2.05, 4.69) is 0 Å². The number of halogens is 2. The van der Waals surface area contributed by atoms with E-state index in [1.807, 2.05) is 0 Å². The molecule has 0 saturated carbocycles. The number of imide groups is 1. The highest BCUT2D eigenvalue weighted by Crippen LogP contribution is 2.38. The van der Waals surface area contributed by atoms with Crippen LogP contribution in [0.5, 0.6) is 0 Å². The van der Waals surface area contributed by atoms with Crippen molar-refractivity contribution < 1.29 is 18.8 Å². The highest BCUT2D eigenvalue weighted by molar-refractivity contribution is 6.34. The standard InChI is InChI=1S/C19H18ClFN2O3/c1-22(2)17(24)8-7-11-9-16(15(21)10-14(11)20)23-18(25)12-5-3-4-6-13(12)19(23)26/h7-10H,3-6H2,1-2H3. The summed E-state index contributed by atoms with van der Waals surface area (Å²) in [5, 5.41) is 0.0888. The van der Waals surface area contributed by atoms with Gasteiger partial charge in [0.15, 0.2) is 0 Å². The minimum atomic E-state index is -0.757. The summed E-state index contributed by atoms with van der Waals surface area (Å²) in [4.78, 5) is 39.2. The molecule has 136 valence electrons. The minimum absolute atomic E-state index is 0.0888. The van der Waals surface area contributed by atoms with Gasteiger partial charge in [-0.1, -0.05) is 11.6 Å². The van der Waals surface area contributed by atoms with E-state index in [1.165, 1.54) is 23.1 Å². The zero-order valence-electron chi connectivity index (χ0n) is 14.5. The minimum Gasteiger partial charge on any atom is -0.345 e. The first-order valence-corrected chi connectivity index (χ1v) is 8.68. The van der Waals surface area contributed by atoms with Crippen molar-refractivity contribution in [3.8, 4) is 0 Å². The molecule has 26 heavy (non-hydrogen) atoms. The molecule has 0 saturated heterocycles. The SMILES string of the molecule is CN(C)C(=O)C=Cc1cc(N2C(=O)C3=C(CCCC3)C2=O)c(F)cc1Cl. The molecule has 3 amide bonds. The van der Waals surface area contributed by atoms with Crippen LogP contribution in [-0.4, -0.2) is 36.7 Å². The van der Waals surface area contributed by atoms with Gasteiger partial charge in [-0.2, -0.15) is 0 Å². The van der Waals surface area contributed by atoms with E-state index in [1.54, 1.807) is 14.1 Å². The number of hydrogen-bond donors (Lipinski definition) is 0. The number of benzene rings is 1. The zero-order chi connectivity index (χ0) is 19.0. The molecule has 1 aliphatic carbocycles. The third-order valence-corrected chi connectivity index (χ3v) is 4.87. The van der Waals surface area contributed by atoms with Crippen LogP contribution in [0.1, 0.15) is 31.2 Å². The molecule has 0 radical (unpaired) electrons. The van der Waals surface area contributed by atoms with Gasteiger partial charge >= 0.3 is 0 Å². The van der Waals surface area contributed by atoms with E-state index < -0.39 is 17.6 Å². The highest BCUT2D eigenvalue weighted by atomic mass is 35.5. The second kappa shape index (κ2) is 7.03. The number of likely N-dealkylation sites (N-methyl/N-ethyl adjacent to an activating group) is 1. The van der Waals surface area contributed by atoms with Gasteiger partial charge in [-0.3, -0.25) is 14.4 Å². The van der Waals surface area contributed by atoms with Gasteiger partial charge in [0, 0.05) is 31.3 Å². The Morgan fingerprint density at radius 2 is 1.73 bits per heavy atom. The molecule has 1 aromatic rings. The first-order chi connectivity index (χ1) is 12.3. The number of carbonyl (C=O) groups excluding carboxylic acids is 3. The predicted octanol–water partition coefficient (Wildman–Crippen LogP) is 3.32. The third kappa shape index (κ3) is 3.17. The number of nitrogens with zero attached hydrogens (tertiary/aromatic N) is 2. The molecule has 1 aromatic carbocycles. The summed E-state index contributed by atoms with van der Waals surface area (Å²) in [5.41, 5.74) is 1.17. The van der Waals surface area contributed by atoms with Crippen molar-refractivity contribution in [2.24, 2.45) is 0 Å². The summed E-state index contributed by atoms with van der Waals surface area (Å²) in [6.07, 6.45) is 5.49. The molecule has 1 aliphatic heterocycles. The van der Waals surface area contributed by atoms with Crippen LogP contribution in [-0.2, 0) is 14.4 Å². The Labute approximate surface area is 155 Å². The maximum atomic E-state index is 14.5. The average molecular weight is 377 g/mol. The number of rotatable bonds is 3. The van der Waals surface area contributed by atoms with Crippen molar-refractivity contribution in [2.45, 2.75) is 25.7 Å². The molecule has 0 unspecified atom stereocenters. The fourth-order valence-electron chi connectivity index (χ4n) is 3.12. The Kier molecular flexibility index (Phi) is 4.96. The topological polar surface area (TPSA) is 57.7 Å². The molecule has 7 heteroatoms. The fourth-order valence-corrected chi connectivity index (χ4v) is 3.33. The van der Waals surface area contributed by atoms with Gasteiger partial charge in [0.1, 0.15) is 5.82 Å². The smallest absolute Gasteiger partial charge is 0.261 e. The van der Waals surface area contributed by atoms with Gasteiger partial charge in [0.05, 0.1) is 10.7 Å². The van der Waals surface area contributed by atoms with Gasteiger partial charge < -0.3 is 4.90 Å². The van der Waals surface area contributed by atoms with Crippen LogP contribution >= 0.6 is 11.6 Å². The molecular weight excluding hydrogens is 359 g/mol. The lowest BCUT2D eigenvalue weighted by Crippen LogP contribution is -2.32. The Bertz CT molecular complexity index is 846. The number of amides is 3. The molecule has 2 aliphatic rings. The maximum absolute atomic E-state index is 14.5. The van der Waals surface area contributed by atoms with Crippen LogP contribution in [0.2, 0.25) is 5.02 Å². The lowest BCUT2D eigenvalue weighted by Gasteiger charge is -2.17. The van der Waals surface area contributed by atoms with Crippen LogP contribution in [0, 0.1) is 5.82 Å². The average Bonchev–Trinajstić information content (AvgIpc) is 2.85. The Morgan fingerprint density at radius 1 is 1.15 bits per heavy atom. The first kappa shape index (κ1) is 18.3. The fraction of sp³-hybridized carbons (Fsp3) is 0.316. The van der Waals surface area contributed by atoms with Crippen LogP contribution in [0.15, 0.2) is 29.4 Å². The van der Waals surface area contributed by atoms with Crippen molar-refractivity contribution in [1.29, 1.82) is 0 Å². The largest absolute Gasteiger partial charge is 0.345 e. The summed E-state index contributed by atoms with van der Waals surface area (Å²) < 4.78 is 14.5. The highest BCUT2D eigenvalue weighted by Gasteiger charge is 2.40.